The van der Waals surface area contributed by atoms with Crippen LogP contribution < -0.4 is 15.5 Å². The van der Waals surface area contributed by atoms with Gasteiger partial charge in [-0.1, -0.05) is 38.1 Å². The van der Waals surface area contributed by atoms with Crippen molar-refractivity contribution in [1.29, 1.82) is 0 Å². The number of benzene rings is 2. The first-order valence-electron chi connectivity index (χ1n) is 8.98. The first kappa shape index (κ1) is 19.9. The summed E-state index contributed by atoms with van der Waals surface area (Å²) in [6, 6.07) is 14.8. The molecule has 0 aliphatic rings. The van der Waals surface area contributed by atoms with Crippen molar-refractivity contribution in [3.63, 3.8) is 0 Å². The highest BCUT2D eigenvalue weighted by Crippen LogP contribution is 2.17. The van der Waals surface area contributed by atoms with Gasteiger partial charge in [0.15, 0.2) is 6.54 Å². The van der Waals surface area contributed by atoms with Crippen molar-refractivity contribution in [2.45, 2.75) is 26.4 Å². The summed E-state index contributed by atoms with van der Waals surface area (Å²) < 4.78 is 13.1. The molecule has 0 heterocycles. The quantitative estimate of drug-likeness (QED) is 0.762. The van der Waals surface area contributed by atoms with E-state index in [1.54, 1.807) is 12.1 Å². The van der Waals surface area contributed by atoms with Gasteiger partial charge in [0.05, 0.1) is 0 Å². The van der Waals surface area contributed by atoms with E-state index < -0.39 is 0 Å². The molecular formula is C21H29FN3O+. The standard InChI is InChI=1S/C21H28FN3O/c1-15(2)21(17-7-9-18(22)10-8-17)24-14-20(26)23-13-16-5-11-19(12-6-16)25(3)4/h5-12,15,21,24H,13-14H2,1-4H3,(H,23,26)/p+1/t21-/m1/s1. The fraction of sp³-hybridized carbons (Fsp3) is 0.381. The molecule has 0 aliphatic heterocycles. The van der Waals surface area contributed by atoms with Crippen molar-refractivity contribution < 1.29 is 14.5 Å². The molecule has 140 valence electrons. The van der Waals surface area contributed by atoms with Crippen LogP contribution >= 0.6 is 0 Å². The van der Waals surface area contributed by atoms with Gasteiger partial charge in [-0.15, -0.1) is 0 Å². The van der Waals surface area contributed by atoms with Crippen LogP contribution in [0.15, 0.2) is 48.5 Å². The Morgan fingerprint density at radius 3 is 2.23 bits per heavy atom. The highest BCUT2D eigenvalue weighted by atomic mass is 19.1. The first-order valence-corrected chi connectivity index (χ1v) is 8.98. The molecule has 0 saturated carbocycles. The number of carbonyl (C=O) groups is 1. The van der Waals surface area contributed by atoms with Crippen molar-refractivity contribution in [3.8, 4) is 0 Å². The smallest absolute Gasteiger partial charge is 0.275 e. The average molecular weight is 358 g/mol. The third-order valence-electron chi connectivity index (χ3n) is 4.47. The van der Waals surface area contributed by atoms with Crippen LogP contribution in [0, 0.1) is 11.7 Å². The third kappa shape index (κ3) is 5.85. The molecule has 0 radical (unpaired) electrons. The van der Waals surface area contributed by atoms with Gasteiger partial charge in [0, 0.05) is 37.8 Å². The van der Waals surface area contributed by atoms with Gasteiger partial charge in [-0.05, 0) is 29.8 Å². The molecule has 4 nitrogen and oxygen atoms in total. The van der Waals surface area contributed by atoms with Gasteiger partial charge in [0.25, 0.3) is 5.91 Å². The van der Waals surface area contributed by atoms with Crippen LogP contribution in [-0.2, 0) is 11.3 Å². The van der Waals surface area contributed by atoms with Crippen LogP contribution in [0.25, 0.3) is 0 Å². The van der Waals surface area contributed by atoms with Gasteiger partial charge < -0.3 is 15.5 Å². The Morgan fingerprint density at radius 2 is 1.69 bits per heavy atom. The molecule has 0 spiro atoms. The lowest BCUT2D eigenvalue weighted by atomic mass is 9.96. The Morgan fingerprint density at radius 1 is 1.08 bits per heavy atom. The number of amides is 1. The Kier molecular flexibility index (Phi) is 7.16. The zero-order chi connectivity index (χ0) is 19.1. The minimum absolute atomic E-state index is 0.00514. The van der Waals surface area contributed by atoms with Crippen molar-refractivity contribution in [1.82, 2.24) is 5.32 Å². The number of carbonyl (C=O) groups excluding carboxylic acids is 1. The predicted octanol–water partition coefficient (Wildman–Crippen LogP) is 2.47. The molecule has 2 rings (SSSR count). The zero-order valence-corrected chi connectivity index (χ0v) is 16.0. The Balaban J connectivity index is 1.85. The number of nitrogens with zero attached hydrogens (tertiary/aromatic N) is 1. The summed E-state index contributed by atoms with van der Waals surface area (Å²) in [4.78, 5) is 14.2. The SMILES string of the molecule is CC(C)[C@@H]([NH2+]CC(=O)NCc1ccc(N(C)C)cc1)c1ccc(F)cc1. The first-order chi connectivity index (χ1) is 12.4. The summed E-state index contributed by atoms with van der Waals surface area (Å²) in [5, 5.41) is 4.97. The molecule has 2 aromatic carbocycles. The zero-order valence-electron chi connectivity index (χ0n) is 16.0. The van der Waals surface area contributed by atoms with E-state index in [2.05, 4.69) is 19.2 Å². The minimum Gasteiger partial charge on any atom is -0.378 e. The molecule has 26 heavy (non-hydrogen) atoms. The summed E-state index contributed by atoms with van der Waals surface area (Å²) in [7, 11) is 4.00. The van der Waals surface area contributed by atoms with E-state index in [0.29, 0.717) is 19.0 Å². The fourth-order valence-corrected chi connectivity index (χ4v) is 2.90. The number of nitrogens with two attached hydrogens (primary N) is 1. The summed E-state index contributed by atoms with van der Waals surface area (Å²) in [6.45, 7) is 5.07. The van der Waals surface area contributed by atoms with Gasteiger partial charge in [-0.2, -0.15) is 0 Å². The highest BCUT2D eigenvalue weighted by Gasteiger charge is 2.20. The molecule has 0 unspecified atom stereocenters. The molecule has 5 heteroatoms. The number of anilines is 1. The number of hydrogen-bond acceptors (Lipinski definition) is 2. The second-order valence-corrected chi connectivity index (χ2v) is 7.10. The van der Waals surface area contributed by atoms with Gasteiger partial charge >= 0.3 is 0 Å². The lowest BCUT2D eigenvalue weighted by Crippen LogP contribution is -2.88. The lowest BCUT2D eigenvalue weighted by Gasteiger charge is -2.19. The summed E-state index contributed by atoms with van der Waals surface area (Å²) >= 11 is 0. The van der Waals surface area contributed by atoms with Crippen molar-refractivity contribution in [3.05, 3.63) is 65.5 Å². The normalized spacial score (nSPS) is 12.1. The molecule has 0 fully saturated rings. The number of quaternary nitrogens is 1. The van der Waals surface area contributed by atoms with Gasteiger partial charge in [0.1, 0.15) is 11.9 Å². The predicted molar refractivity (Wildman–Crippen MR) is 103 cm³/mol. The maximum atomic E-state index is 13.1. The van der Waals surface area contributed by atoms with Crippen molar-refractivity contribution in [2.24, 2.45) is 5.92 Å². The van der Waals surface area contributed by atoms with Crippen molar-refractivity contribution in [2.75, 3.05) is 25.5 Å². The van der Waals surface area contributed by atoms with Crippen molar-refractivity contribution >= 4 is 11.6 Å². The van der Waals surface area contributed by atoms with Gasteiger partial charge in [-0.3, -0.25) is 4.79 Å². The Bertz CT molecular complexity index is 696. The van der Waals surface area contributed by atoms with E-state index in [1.807, 2.05) is 48.6 Å². The number of halogens is 1. The Hall–Kier alpha value is -2.40. The Labute approximate surface area is 155 Å². The summed E-state index contributed by atoms with van der Waals surface area (Å²) in [6.07, 6.45) is 0. The topological polar surface area (TPSA) is 49.0 Å². The van der Waals surface area contributed by atoms with E-state index in [1.165, 1.54) is 12.1 Å². The third-order valence-corrected chi connectivity index (χ3v) is 4.47. The molecular weight excluding hydrogens is 329 g/mol. The molecule has 2 aromatic rings. The summed E-state index contributed by atoms with van der Waals surface area (Å²) in [5.41, 5.74) is 3.24. The number of hydrogen-bond donors (Lipinski definition) is 2. The maximum Gasteiger partial charge on any atom is 0.275 e. The van der Waals surface area contributed by atoms with Crippen LogP contribution in [0.4, 0.5) is 10.1 Å². The van der Waals surface area contributed by atoms with Gasteiger partial charge in [0.2, 0.25) is 0 Å². The minimum atomic E-state index is -0.241. The lowest BCUT2D eigenvalue weighted by molar-refractivity contribution is -0.692. The number of rotatable bonds is 8. The molecule has 0 bridgehead atoms. The van der Waals surface area contributed by atoms with E-state index in [4.69, 9.17) is 0 Å². The molecule has 1 amide bonds. The van der Waals surface area contributed by atoms with E-state index in [-0.39, 0.29) is 17.8 Å². The van der Waals surface area contributed by atoms with E-state index in [9.17, 15) is 9.18 Å². The number of nitrogens with one attached hydrogen (secondary N) is 1. The van der Waals surface area contributed by atoms with Crippen LogP contribution in [0.2, 0.25) is 0 Å². The van der Waals surface area contributed by atoms with Crippen LogP contribution in [0.1, 0.15) is 31.0 Å². The largest absolute Gasteiger partial charge is 0.378 e. The fourth-order valence-electron chi connectivity index (χ4n) is 2.90. The van der Waals surface area contributed by atoms with Crippen LogP contribution in [0.5, 0.6) is 0 Å². The summed E-state index contributed by atoms with van der Waals surface area (Å²) in [5.74, 6) is 0.0931. The average Bonchev–Trinajstić information content (AvgIpc) is 2.61. The second kappa shape index (κ2) is 9.34. The highest BCUT2D eigenvalue weighted by molar-refractivity contribution is 5.76. The molecule has 0 aliphatic carbocycles. The van der Waals surface area contributed by atoms with Gasteiger partial charge in [-0.25, -0.2) is 4.39 Å². The van der Waals surface area contributed by atoms with E-state index >= 15 is 0 Å². The van der Waals surface area contributed by atoms with E-state index in [0.717, 1.165) is 16.8 Å². The monoisotopic (exact) mass is 358 g/mol. The molecule has 0 aromatic heterocycles. The second-order valence-electron chi connectivity index (χ2n) is 7.10. The molecule has 0 saturated heterocycles. The maximum absolute atomic E-state index is 13.1. The van der Waals surface area contributed by atoms with Crippen LogP contribution in [-0.4, -0.2) is 26.5 Å². The molecule has 1 atom stereocenters. The molecule has 3 N–H and O–H groups in total. The van der Waals surface area contributed by atoms with Crippen LogP contribution in [0.3, 0.4) is 0 Å².